The Hall–Kier alpha value is -7.34. The number of nitrogens with zero attached hydrogens (tertiary/aromatic N) is 2. The molecule has 0 saturated carbocycles. The molecule has 0 radical (unpaired) electrons. The molecule has 1 aromatic heterocycles. The fourth-order valence-corrected chi connectivity index (χ4v) is 15.9. The fraction of sp³-hybridized carbons (Fsp3) is 0.324. The van der Waals surface area contributed by atoms with E-state index in [-0.39, 0.29) is 21.8 Å². The van der Waals surface area contributed by atoms with Crippen molar-refractivity contribution in [3.05, 3.63) is 172 Å². The summed E-state index contributed by atoms with van der Waals surface area (Å²) in [5, 5.41) is 19.3. The van der Waals surface area contributed by atoms with Crippen molar-refractivity contribution in [3.8, 4) is 67.1 Å². The molecule has 0 spiro atoms. The van der Waals surface area contributed by atoms with Gasteiger partial charge in [0.15, 0.2) is 11.5 Å². The highest BCUT2D eigenvalue weighted by atomic mass is 32.1. The summed E-state index contributed by atoms with van der Waals surface area (Å²) in [6.07, 6.45) is 17.3. The first-order valence-corrected chi connectivity index (χ1v) is 28.6. The van der Waals surface area contributed by atoms with E-state index in [2.05, 4.69) is 150 Å². The van der Waals surface area contributed by atoms with Crippen molar-refractivity contribution in [3.63, 3.8) is 0 Å². The standard InChI is InChI=1S/C68H68N2O5S/c1-8-32-66(33-9-2)53-21-17-15-19-50(53)57-59(66)56-49-18-14-16-20-52(49)67(34-10-3,35-11-4)60(56)58-51-31-28-47(41-54(51)68(36-12-5,37-13-6)61(57)58)70(46-26-29-48(73-7)30-27-46)45-24-22-43(23-25-45)64-63-62(74-38-39-75-63)55(76-64)40-44(42-69)65(71)72/h14-31,38-41H,8-13,32-37H2,1-7H3,(H,71,72)/b44-40+. The Bertz CT molecular complexity index is 3480. The topological polar surface area (TPSA) is 92.0 Å². The van der Waals surface area contributed by atoms with Gasteiger partial charge in [-0.2, -0.15) is 5.26 Å². The molecule has 0 unspecified atom stereocenters. The number of thiophene rings is 1. The van der Waals surface area contributed by atoms with Crippen LogP contribution in [0.25, 0.3) is 49.9 Å². The lowest BCUT2D eigenvalue weighted by molar-refractivity contribution is -0.132. The van der Waals surface area contributed by atoms with Gasteiger partial charge in [-0.25, -0.2) is 4.79 Å². The molecule has 8 heteroatoms. The van der Waals surface area contributed by atoms with Gasteiger partial charge in [0.1, 0.15) is 29.9 Å². The summed E-state index contributed by atoms with van der Waals surface area (Å²) in [5.41, 5.74) is 21.2. The van der Waals surface area contributed by atoms with E-state index < -0.39 is 5.97 Å². The number of rotatable bonds is 19. The van der Waals surface area contributed by atoms with Crippen LogP contribution in [-0.4, -0.2) is 18.2 Å². The van der Waals surface area contributed by atoms with Crippen LogP contribution in [0.3, 0.4) is 0 Å². The number of methoxy groups -OCH3 is 1. The minimum absolute atomic E-state index is 0.105. The molecular weight excluding hydrogens is 957 g/mol. The minimum atomic E-state index is -1.30. The Labute approximate surface area is 453 Å². The highest BCUT2D eigenvalue weighted by Crippen LogP contribution is 2.71. The van der Waals surface area contributed by atoms with Crippen LogP contribution in [0.15, 0.2) is 133 Å². The fourth-order valence-electron chi connectivity index (χ4n) is 14.7. The predicted octanol–water partition coefficient (Wildman–Crippen LogP) is 18.7. The number of aliphatic carboxylic acids is 1. The monoisotopic (exact) mass is 1020 g/mol. The summed E-state index contributed by atoms with van der Waals surface area (Å²) in [7, 11) is 1.71. The van der Waals surface area contributed by atoms with Crippen molar-refractivity contribution in [1.29, 1.82) is 5.26 Å². The molecule has 7 nitrogen and oxygen atoms in total. The van der Waals surface area contributed by atoms with E-state index in [4.69, 9.17) is 14.2 Å². The minimum Gasteiger partial charge on any atom is -0.497 e. The predicted molar refractivity (Wildman–Crippen MR) is 311 cm³/mol. The second kappa shape index (κ2) is 20.3. The smallest absolute Gasteiger partial charge is 0.346 e. The zero-order valence-corrected chi connectivity index (χ0v) is 45.9. The summed E-state index contributed by atoms with van der Waals surface area (Å²) >= 11 is 1.33. The van der Waals surface area contributed by atoms with Crippen LogP contribution in [0.2, 0.25) is 0 Å². The Morgan fingerprint density at radius 3 is 1.49 bits per heavy atom. The van der Waals surface area contributed by atoms with Gasteiger partial charge in [0, 0.05) is 33.3 Å². The van der Waals surface area contributed by atoms with E-state index in [0.29, 0.717) is 16.4 Å². The van der Waals surface area contributed by atoms with Crippen LogP contribution in [0.4, 0.5) is 17.1 Å². The maximum Gasteiger partial charge on any atom is 0.346 e. The van der Waals surface area contributed by atoms with Crippen LogP contribution in [0.1, 0.15) is 157 Å². The van der Waals surface area contributed by atoms with Gasteiger partial charge in [0.05, 0.1) is 16.9 Å². The second-order valence-corrected chi connectivity index (χ2v) is 22.4. The summed E-state index contributed by atoms with van der Waals surface area (Å²) in [5.74, 6) is 0.348. The van der Waals surface area contributed by atoms with Crippen LogP contribution in [0.5, 0.6) is 17.2 Å². The van der Waals surface area contributed by atoms with Crippen molar-refractivity contribution < 1.29 is 24.1 Å². The quantitative estimate of drug-likeness (QED) is 0.0637. The maximum absolute atomic E-state index is 11.9. The molecular formula is C68H68N2O5S. The van der Waals surface area contributed by atoms with E-state index in [1.165, 1.54) is 74.4 Å². The Morgan fingerprint density at radius 1 is 0.592 bits per heavy atom. The number of fused-ring (bicyclic) bond motifs is 13. The van der Waals surface area contributed by atoms with Gasteiger partial charge in [-0.1, -0.05) is 147 Å². The molecule has 0 saturated heterocycles. The molecule has 1 aliphatic heterocycles. The molecule has 11 rings (SSSR count). The molecule has 1 N–H and O–H groups in total. The van der Waals surface area contributed by atoms with Crippen LogP contribution in [0, 0.1) is 11.3 Å². The molecule has 76 heavy (non-hydrogen) atoms. The first kappa shape index (κ1) is 50.8. The molecule has 0 bridgehead atoms. The van der Waals surface area contributed by atoms with Gasteiger partial charge >= 0.3 is 5.97 Å². The molecule has 0 amide bonds. The second-order valence-electron chi connectivity index (χ2n) is 21.3. The van der Waals surface area contributed by atoms with E-state index in [0.717, 1.165) is 110 Å². The molecule has 3 aliphatic carbocycles. The molecule has 4 aliphatic rings. The lowest BCUT2D eigenvalue weighted by Gasteiger charge is -2.39. The number of carboxylic acids is 1. The normalized spacial score (nSPS) is 15.3. The summed E-state index contributed by atoms with van der Waals surface area (Å²) in [4.78, 5) is 15.5. The van der Waals surface area contributed by atoms with Gasteiger partial charge in [-0.15, -0.1) is 11.3 Å². The van der Waals surface area contributed by atoms with Gasteiger partial charge in [-0.05, 0) is 165 Å². The van der Waals surface area contributed by atoms with Gasteiger partial charge < -0.3 is 24.2 Å². The summed E-state index contributed by atoms with van der Waals surface area (Å²) < 4.78 is 17.6. The average Bonchev–Trinajstić information content (AvgIpc) is 4.22. The average molecular weight is 1030 g/mol. The zero-order valence-electron chi connectivity index (χ0n) is 45.1. The lowest BCUT2D eigenvalue weighted by atomic mass is 9.64. The third-order valence-electron chi connectivity index (χ3n) is 17.1. The zero-order chi connectivity index (χ0) is 52.9. The highest BCUT2D eigenvalue weighted by Gasteiger charge is 2.57. The largest absolute Gasteiger partial charge is 0.497 e. The third-order valence-corrected chi connectivity index (χ3v) is 18.2. The number of nitriles is 1. The Balaban J connectivity index is 1.18. The summed E-state index contributed by atoms with van der Waals surface area (Å²) in [6.45, 7) is 14.4. The van der Waals surface area contributed by atoms with Crippen LogP contribution in [-0.2, 0) is 21.0 Å². The molecule has 2 heterocycles. The maximum atomic E-state index is 11.9. The number of ether oxygens (including phenoxy) is 3. The molecule has 386 valence electrons. The van der Waals surface area contributed by atoms with Crippen molar-refractivity contribution >= 4 is 40.4 Å². The van der Waals surface area contributed by atoms with Crippen molar-refractivity contribution in [2.45, 2.75) is 135 Å². The number of carbonyl (C=O) groups is 1. The number of hydrogen-bond acceptors (Lipinski definition) is 7. The third kappa shape index (κ3) is 7.58. The van der Waals surface area contributed by atoms with Gasteiger partial charge in [0.25, 0.3) is 0 Å². The molecule has 0 atom stereocenters. The van der Waals surface area contributed by atoms with Crippen molar-refractivity contribution in [2.24, 2.45) is 0 Å². The van der Waals surface area contributed by atoms with E-state index in [9.17, 15) is 15.2 Å². The Kier molecular flexibility index (Phi) is 13.6. The van der Waals surface area contributed by atoms with Crippen molar-refractivity contribution in [1.82, 2.24) is 0 Å². The van der Waals surface area contributed by atoms with E-state index >= 15 is 0 Å². The number of carboxylic acid groups (broad SMARTS) is 1. The molecule has 7 aromatic rings. The van der Waals surface area contributed by atoms with E-state index in [1.807, 2.05) is 12.1 Å². The Morgan fingerprint density at radius 2 is 1.03 bits per heavy atom. The number of hydrogen-bond donors (Lipinski definition) is 1. The summed E-state index contributed by atoms with van der Waals surface area (Å²) in [6, 6.07) is 45.2. The first-order valence-electron chi connectivity index (χ1n) is 27.8. The number of anilines is 3. The van der Waals surface area contributed by atoms with E-state index in [1.54, 1.807) is 35.4 Å². The van der Waals surface area contributed by atoms with Gasteiger partial charge in [-0.3, -0.25) is 0 Å². The van der Waals surface area contributed by atoms with Crippen LogP contribution < -0.4 is 19.1 Å². The van der Waals surface area contributed by atoms with Gasteiger partial charge in [0.2, 0.25) is 0 Å². The van der Waals surface area contributed by atoms with Crippen LogP contribution >= 0.6 is 11.3 Å². The SMILES string of the molecule is CCCC1(CCC)c2ccccc2-c2c1c1c(c3c2C(CCC)(CCC)c2cc(N(c4ccc(OC)cc4)c4ccc(-c5sc(/C=C(\C#N)C(=O)O)c6c5OC=CO6)cc4)ccc2-3)C(CCC)(CCC)c2ccccc2-1. The first-order chi connectivity index (χ1) is 37.1. The highest BCUT2D eigenvalue weighted by molar-refractivity contribution is 7.17. The molecule has 6 aromatic carbocycles. The molecule has 0 fully saturated rings. The number of benzene rings is 6. The van der Waals surface area contributed by atoms with Crippen molar-refractivity contribution in [2.75, 3.05) is 12.0 Å². The lowest BCUT2D eigenvalue weighted by Crippen LogP contribution is -2.30.